The molecule has 98 valence electrons. The highest BCUT2D eigenvalue weighted by atomic mass is 16.4. The van der Waals surface area contributed by atoms with Crippen LogP contribution in [-0.4, -0.2) is 34.9 Å². The number of nitrogens with two attached hydrogens (primary N) is 1. The quantitative estimate of drug-likeness (QED) is 0.338. The molecule has 5 nitrogen and oxygen atoms in total. The number of carbonyl (C=O) groups excluding carboxylic acids is 1. The first-order valence-corrected chi connectivity index (χ1v) is 6.40. The molecule has 5 heteroatoms. The standard InChI is InChI=1S/C12H23N3O2/c1-3-9-5-7-15(8-6-9)12(16)10(4-2)11(13)14-17/h9-10,17H,3-8H2,1-2H3,(H2,13,14). The summed E-state index contributed by atoms with van der Waals surface area (Å²) in [6.07, 6.45) is 3.88. The number of amidine groups is 1. The maximum Gasteiger partial charge on any atom is 0.233 e. The van der Waals surface area contributed by atoms with Gasteiger partial charge in [-0.1, -0.05) is 25.4 Å². The van der Waals surface area contributed by atoms with Crippen LogP contribution in [0.4, 0.5) is 0 Å². The van der Waals surface area contributed by atoms with Crippen molar-refractivity contribution >= 4 is 11.7 Å². The van der Waals surface area contributed by atoms with Gasteiger partial charge < -0.3 is 15.8 Å². The lowest BCUT2D eigenvalue weighted by Crippen LogP contribution is -2.45. The third kappa shape index (κ3) is 3.35. The molecule has 0 aromatic carbocycles. The van der Waals surface area contributed by atoms with Gasteiger partial charge in [-0.05, 0) is 25.2 Å². The number of carbonyl (C=O) groups is 1. The molecule has 0 saturated carbocycles. The Morgan fingerprint density at radius 2 is 2.06 bits per heavy atom. The molecule has 1 aliphatic heterocycles. The summed E-state index contributed by atoms with van der Waals surface area (Å²) in [5.74, 6) is 0.286. The van der Waals surface area contributed by atoms with E-state index in [1.54, 1.807) is 0 Å². The molecule has 1 rings (SSSR count). The number of oxime groups is 1. The molecule has 1 fully saturated rings. The van der Waals surface area contributed by atoms with E-state index < -0.39 is 5.92 Å². The van der Waals surface area contributed by atoms with E-state index in [0.717, 1.165) is 31.8 Å². The molecule has 1 unspecified atom stereocenters. The van der Waals surface area contributed by atoms with Gasteiger partial charge in [-0.15, -0.1) is 0 Å². The first-order chi connectivity index (χ1) is 8.13. The number of nitrogens with zero attached hydrogens (tertiary/aromatic N) is 2. The van der Waals surface area contributed by atoms with Crippen molar-refractivity contribution in [2.24, 2.45) is 22.7 Å². The van der Waals surface area contributed by atoms with Crippen molar-refractivity contribution < 1.29 is 10.0 Å². The normalized spacial score (nSPS) is 20.4. The predicted octanol–water partition coefficient (Wildman–Crippen LogP) is 1.41. The van der Waals surface area contributed by atoms with Crippen LogP contribution in [0.3, 0.4) is 0 Å². The monoisotopic (exact) mass is 241 g/mol. The second kappa shape index (κ2) is 6.47. The molecular weight excluding hydrogens is 218 g/mol. The number of hydrogen-bond donors (Lipinski definition) is 2. The molecule has 1 atom stereocenters. The van der Waals surface area contributed by atoms with Crippen LogP contribution < -0.4 is 5.73 Å². The largest absolute Gasteiger partial charge is 0.409 e. The van der Waals surface area contributed by atoms with Crippen LogP contribution in [-0.2, 0) is 4.79 Å². The highest BCUT2D eigenvalue weighted by Crippen LogP contribution is 2.21. The lowest BCUT2D eigenvalue weighted by atomic mass is 9.93. The van der Waals surface area contributed by atoms with E-state index in [4.69, 9.17) is 10.9 Å². The average Bonchev–Trinajstić information content (AvgIpc) is 2.39. The van der Waals surface area contributed by atoms with Crippen molar-refractivity contribution in [3.8, 4) is 0 Å². The fourth-order valence-electron chi connectivity index (χ4n) is 2.36. The van der Waals surface area contributed by atoms with Crippen molar-refractivity contribution in [1.82, 2.24) is 4.90 Å². The summed E-state index contributed by atoms with van der Waals surface area (Å²) in [7, 11) is 0. The molecule has 1 heterocycles. The Morgan fingerprint density at radius 1 is 1.47 bits per heavy atom. The van der Waals surface area contributed by atoms with Crippen LogP contribution in [0, 0.1) is 11.8 Å². The van der Waals surface area contributed by atoms with Crippen LogP contribution in [0.25, 0.3) is 0 Å². The van der Waals surface area contributed by atoms with Crippen molar-refractivity contribution in [3.05, 3.63) is 0 Å². The first-order valence-electron chi connectivity index (χ1n) is 6.40. The number of rotatable bonds is 4. The van der Waals surface area contributed by atoms with Gasteiger partial charge in [0.1, 0.15) is 0 Å². The number of likely N-dealkylation sites (tertiary alicyclic amines) is 1. The van der Waals surface area contributed by atoms with Gasteiger partial charge in [0, 0.05) is 13.1 Å². The van der Waals surface area contributed by atoms with E-state index in [1.165, 1.54) is 6.42 Å². The van der Waals surface area contributed by atoms with E-state index in [9.17, 15) is 4.79 Å². The Balaban J connectivity index is 2.58. The van der Waals surface area contributed by atoms with Crippen LogP contribution >= 0.6 is 0 Å². The van der Waals surface area contributed by atoms with Gasteiger partial charge in [0.25, 0.3) is 0 Å². The lowest BCUT2D eigenvalue weighted by Gasteiger charge is -2.33. The summed E-state index contributed by atoms with van der Waals surface area (Å²) in [5.41, 5.74) is 5.54. The molecule has 1 aliphatic rings. The summed E-state index contributed by atoms with van der Waals surface area (Å²) in [6.45, 7) is 5.66. The molecule has 0 aromatic heterocycles. The zero-order valence-corrected chi connectivity index (χ0v) is 10.7. The molecule has 0 radical (unpaired) electrons. The fourth-order valence-corrected chi connectivity index (χ4v) is 2.36. The van der Waals surface area contributed by atoms with E-state index in [-0.39, 0.29) is 11.7 Å². The molecule has 0 aromatic rings. The molecule has 1 saturated heterocycles. The Kier molecular flexibility index (Phi) is 5.25. The summed E-state index contributed by atoms with van der Waals surface area (Å²) in [4.78, 5) is 14.0. The van der Waals surface area contributed by atoms with Crippen LogP contribution in [0.15, 0.2) is 5.16 Å². The summed E-state index contributed by atoms with van der Waals surface area (Å²) >= 11 is 0. The van der Waals surface area contributed by atoms with Gasteiger partial charge in [-0.2, -0.15) is 0 Å². The second-order valence-corrected chi connectivity index (χ2v) is 4.66. The second-order valence-electron chi connectivity index (χ2n) is 4.66. The molecule has 17 heavy (non-hydrogen) atoms. The van der Waals surface area contributed by atoms with Crippen LogP contribution in [0.5, 0.6) is 0 Å². The molecular formula is C12H23N3O2. The van der Waals surface area contributed by atoms with Crippen molar-refractivity contribution in [1.29, 1.82) is 0 Å². The molecule has 1 amide bonds. The van der Waals surface area contributed by atoms with Crippen molar-refractivity contribution in [2.75, 3.05) is 13.1 Å². The van der Waals surface area contributed by atoms with E-state index in [1.807, 2.05) is 11.8 Å². The first kappa shape index (κ1) is 13.8. The Bertz CT molecular complexity index is 283. The highest BCUT2D eigenvalue weighted by molar-refractivity contribution is 6.02. The molecule has 3 N–H and O–H groups in total. The smallest absolute Gasteiger partial charge is 0.233 e. The van der Waals surface area contributed by atoms with Gasteiger partial charge in [-0.3, -0.25) is 4.79 Å². The lowest BCUT2D eigenvalue weighted by molar-refractivity contribution is -0.134. The fraction of sp³-hybridized carbons (Fsp3) is 0.833. The number of amides is 1. The van der Waals surface area contributed by atoms with E-state index >= 15 is 0 Å². The van der Waals surface area contributed by atoms with Gasteiger partial charge in [0.15, 0.2) is 5.84 Å². The van der Waals surface area contributed by atoms with Gasteiger partial charge in [0.2, 0.25) is 5.91 Å². The van der Waals surface area contributed by atoms with Crippen LogP contribution in [0.1, 0.15) is 39.5 Å². The van der Waals surface area contributed by atoms with E-state index in [0.29, 0.717) is 6.42 Å². The summed E-state index contributed by atoms with van der Waals surface area (Å²) in [6, 6.07) is 0. The van der Waals surface area contributed by atoms with E-state index in [2.05, 4.69) is 12.1 Å². The summed E-state index contributed by atoms with van der Waals surface area (Å²) in [5, 5.41) is 11.6. The zero-order chi connectivity index (χ0) is 12.8. The van der Waals surface area contributed by atoms with Crippen molar-refractivity contribution in [2.45, 2.75) is 39.5 Å². The van der Waals surface area contributed by atoms with Gasteiger partial charge in [0.05, 0.1) is 5.92 Å². The Morgan fingerprint density at radius 3 is 2.47 bits per heavy atom. The van der Waals surface area contributed by atoms with Crippen LogP contribution in [0.2, 0.25) is 0 Å². The highest BCUT2D eigenvalue weighted by Gasteiger charge is 2.29. The Labute approximate surface area is 103 Å². The minimum Gasteiger partial charge on any atom is -0.409 e. The van der Waals surface area contributed by atoms with Gasteiger partial charge >= 0.3 is 0 Å². The molecule has 0 aliphatic carbocycles. The minimum atomic E-state index is -0.474. The third-order valence-corrected chi connectivity index (χ3v) is 3.68. The molecule has 0 spiro atoms. The van der Waals surface area contributed by atoms with Crippen molar-refractivity contribution in [3.63, 3.8) is 0 Å². The SMILES string of the molecule is CCC1CCN(C(=O)C(CC)C(N)=NO)CC1. The molecule has 0 bridgehead atoms. The Hall–Kier alpha value is -1.26. The topological polar surface area (TPSA) is 78.9 Å². The maximum absolute atomic E-state index is 12.2. The van der Waals surface area contributed by atoms with Gasteiger partial charge in [-0.25, -0.2) is 0 Å². The number of piperidine rings is 1. The number of hydrogen-bond acceptors (Lipinski definition) is 3. The third-order valence-electron chi connectivity index (χ3n) is 3.68. The zero-order valence-electron chi connectivity index (χ0n) is 10.7. The average molecular weight is 241 g/mol. The minimum absolute atomic E-state index is 0.00245. The summed E-state index contributed by atoms with van der Waals surface area (Å²) < 4.78 is 0. The maximum atomic E-state index is 12.2. The predicted molar refractivity (Wildman–Crippen MR) is 66.8 cm³/mol.